The third kappa shape index (κ3) is 1.17. The highest BCUT2D eigenvalue weighted by Crippen LogP contribution is 2.38. The molecule has 2 heteroatoms. The number of fused-ring (bicyclic) bond motifs is 1. The van der Waals surface area contributed by atoms with Gasteiger partial charge in [-0.25, -0.2) is 0 Å². The number of hydrogen-bond donors (Lipinski definition) is 1. The van der Waals surface area contributed by atoms with Crippen LogP contribution in [0.2, 0.25) is 0 Å². The highest BCUT2D eigenvalue weighted by molar-refractivity contribution is 5.54. The maximum absolute atomic E-state index is 9.59. The topological polar surface area (TPSA) is 29.5 Å². The number of ether oxygens (including phenoxy) is 1. The van der Waals surface area contributed by atoms with Crippen LogP contribution in [0.25, 0.3) is 0 Å². The molecule has 1 aliphatic rings. The summed E-state index contributed by atoms with van der Waals surface area (Å²) < 4.78 is 5.66. The monoisotopic (exact) mass is 178 g/mol. The molecule has 0 aromatic heterocycles. The molecule has 2 nitrogen and oxygen atoms in total. The van der Waals surface area contributed by atoms with Crippen LogP contribution in [0, 0.1) is 13.8 Å². The van der Waals surface area contributed by atoms with Crippen molar-refractivity contribution in [3.8, 4) is 11.5 Å². The SMILES string of the molecule is Cc1cc(O)c(C)c2c1OC(C)C2. The predicted molar refractivity (Wildman–Crippen MR) is 51.4 cm³/mol. The van der Waals surface area contributed by atoms with Gasteiger partial charge < -0.3 is 9.84 Å². The molecule has 0 bridgehead atoms. The van der Waals surface area contributed by atoms with Gasteiger partial charge in [0.15, 0.2) is 0 Å². The Morgan fingerprint density at radius 2 is 2.15 bits per heavy atom. The van der Waals surface area contributed by atoms with Crippen molar-refractivity contribution in [2.75, 3.05) is 0 Å². The van der Waals surface area contributed by atoms with Gasteiger partial charge >= 0.3 is 0 Å². The van der Waals surface area contributed by atoms with Gasteiger partial charge in [-0.3, -0.25) is 0 Å². The van der Waals surface area contributed by atoms with Gasteiger partial charge in [0.1, 0.15) is 17.6 Å². The fourth-order valence-electron chi connectivity index (χ4n) is 1.88. The van der Waals surface area contributed by atoms with Crippen LogP contribution >= 0.6 is 0 Å². The van der Waals surface area contributed by atoms with Crippen molar-refractivity contribution in [1.29, 1.82) is 0 Å². The van der Waals surface area contributed by atoms with Gasteiger partial charge in [0.25, 0.3) is 0 Å². The lowest BCUT2D eigenvalue weighted by atomic mass is 10.0. The maximum Gasteiger partial charge on any atom is 0.126 e. The van der Waals surface area contributed by atoms with Crippen LogP contribution in [0.1, 0.15) is 23.6 Å². The van der Waals surface area contributed by atoms with Crippen molar-refractivity contribution in [3.05, 3.63) is 22.8 Å². The largest absolute Gasteiger partial charge is 0.508 e. The molecule has 1 aliphatic heterocycles. The number of rotatable bonds is 0. The van der Waals surface area contributed by atoms with Gasteiger partial charge in [-0.1, -0.05) is 0 Å². The van der Waals surface area contributed by atoms with E-state index >= 15 is 0 Å². The van der Waals surface area contributed by atoms with Crippen molar-refractivity contribution >= 4 is 0 Å². The quantitative estimate of drug-likeness (QED) is 0.660. The highest BCUT2D eigenvalue weighted by atomic mass is 16.5. The Morgan fingerprint density at radius 1 is 1.46 bits per heavy atom. The maximum atomic E-state index is 9.59. The molecule has 0 radical (unpaired) electrons. The van der Waals surface area contributed by atoms with E-state index in [9.17, 15) is 5.11 Å². The molecule has 0 saturated heterocycles. The van der Waals surface area contributed by atoms with Crippen LogP contribution < -0.4 is 4.74 Å². The lowest BCUT2D eigenvalue weighted by molar-refractivity contribution is 0.253. The summed E-state index contributed by atoms with van der Waals surface area (Å²) in [5.41, 5.74) is 3.16. The smallest absolute Gasteiger partial charge is 0.126 e. The molecule has 1 unspecified atom stereocenters. The van der Waals surface area contributed by atoms with E-state index in [0.717, 1.165) is 23.3 Å². The molecule has 1 atom stereocenters. The Hall–Kier alpha value is -1.18. The first-order valence-electron chi connectivity index (χ1n) is 4.58. The molecule has 0 saturated carbocycles. The summed E-state index contributed by atoms with van der Waals surface area (Å²) in [5.74, 6) is 1.36. The second-order valence-corrected chi connectivity index (χ2v) is 3.78. The molecule has 13 heavy (non-hydrogen) atoms. The summed E-state index contributed by atoms with van der Waals surface area (Å²) in [5, 5.41) is 9.59. The zero-order chi connectivity index (χ0) is 9.59. The summed E-state index contributed by atoms with van der Waals surface area (Å²) in [7, 11) is 0. The summed E-state index contributed by atoms with van der Waals surface area (Å²) >= 11 is 0. The molecule has 1 aromatic carbocycles. The highest BCUT2D eigenvalue weighted by Gasteiger charge is 2.24. The standard InChI is InChI=1S/C11H14O2/c1-6-4-10(12)8(3)9-5-7(2)13-11(6)9/h4,7,12H,5H2,1-3H3. The molecule has 2 rings (SSSR count). The van der Waals surface area contributed by atoms with Gasteiger partial charge in [-0.05, 0) is 38.0 Å². The van der Waals surface area contributed by atoms with E-state index in [-0.39, 0.29) is 6.10 Å². The van der Waals surface area contributed by atoms with Crippen LogP contribution in [0.5, 0.6) is 11.5 Å². The van der Waals surface area contributed by atoms with E-state index in [0.29, 0.717) is 5.75 Å². The molecular formula is C11H14O2. The third-order valence-electron chi connectivity index (χ3n) is 2.63. The van der Waals surface area contributed by atoms with Gasteiger partial charge in [0.05, 0.1) is 0 Å². The van der Waals surface area contributed by atoms with E-state index in [1.807, 2.05) is 13.8 Å². The van der Waals surface area contributed by atoms with Crippen molar-refractivity contribution in [3.63, 3.8) is 0 Å². The molecule has 1 heterocycles. The number of phenolic OH excluding ortho intramolecular Hbond substituents is 1. The van der Waals surface area contributed by atoms with Crippen molar-refractivity contribution < 1.29 is 9.84 Å². The number of aromatic hydroxyl groups is 1. The van der Waals surface area contributed by atoms with Crippen molar-refractivity contribution in [1.82, 2.24) is 0 Å². The van der Waals surface area contributed by atoms with E-state index in [4.69, 9.17) is 4.74 Å². The molecular weight excluding hydrogens is 164 g/mol. The number of aryl methyl sites for hydroxylation is 1. The van der Waals surface area contributed by atoms with Crippen LogP contribution in [-0.2, 0) is 6.42 Å². The van der Waals surface area contributed by atoms with Crippen molar-refractivity contribution in [2.45, 2.75) is 33.3 Å². The van der Waals surface area contributed by atoms with E-state index in [1.165, 1.54) is 5.56 Å². The molecule has 0 spiro atoms. The van der Waals surface area contributed by atoms with E-state index < -0.39 is 0 Å². The van der Waals surface area contributed by atoms with Gasteiger partial charge in [0, 0.05) is 12.0 Å². The van der Waals surface area contributed by atoms with Crippen LogP contribution in [0.4, 0.5) is 0 Å². The fraction of sp³-hybridized carbons (Fsp3) is 0.455. The second kappa shape index (κ2) is 2.66. The fourth-order valence-corrected chi connectivity index (χ4v) is 1.88. The molecule has 0 aliphatic carbocycles. The third-order valence-corrected chi connectivity index (χ3v) is 2.63. The van der Waals surface area contributed by atoms with Gasteiger partial charge in [-0.2, -0.15) is 0 Å². The van der Waals surface area contributed by atoms with Crippen LogP contribution in [-0.4, -0.2) is 11.2 Å². The van der Waals surface area contributed by atoms with Crippen LogP contribution in [0.3, 0.4) is 0 Å². The summed E-state index contributed by atoms with van der Waals surface area (Å²) in [6, 6.07) is 1.77. The molecule has 1 aromatic rings. The lowest BCUT2D eigenvalue weighted by Crippen LogP contribution is -2.05. The first kappa shape index (κ1) is 8.42. The first-order chi connectivity index (χ1) is 6.09. The second-order valence-electron chi connectivity index (χ2n) is 3.78. The minimum absolute atomic E-state index is 0.245. The zero-order valence-corrected chi connectivity index (χ0v) is 8.22. The summed E-state index contributed by atoms with van der Waals surface area (Å²) in [4.78, 5) is 0. The van der Waals surface area contributed by atoms with E-state index in [2.05, 4.69) is 6.92 Å². The molecule has 1 N–H and O–H groups in total. The van der Waals surface area contributed by atoms with E-state index in [1.54, 1.807) is 6.07 Å². The molecule has 0 fully saturated rings. The Labute approximate surface area is 78.2 Å². The van der Waals surface area contributed by atoms with Crippen molar-refractivity contribution in [2.24, 2.45) is 0 Å². The Morgan fingerprint density at radius 3 is 2.85 bits per heavy atom. The molecule has 0 amide bonds. The summed E-state index contributed by atoms with van der Waals surface area (Å²) in [6.45, 7) is 5.96. The molecule has 70 valence electrons. The van der Waals surface area contributed by atoms with Gasteiger partial charge in [0.2, 0.25) is 0 Å². The average Bonchev–Trinajstić information content (AvgIpc) is 2.44. The number of hydrogen-bond acceptors (Lipinski definition) is 2. The average molecular weight is 178 g/mol. The summed E-state index contributed by atoms with van der Waals surface area (Å²) in [6.07, 6.45) is 1.16. The zero-order valence-electron chi connectivity index (χ0n) is 8.22. The number of phenols is 1. The first-order valence-corrected chi connectivity index (χ1v) is 4.58. The normalized spacial score (nSPS) is 19.8. The Bertz CT molecular complexity index is 356. The minimum Gasteiger partial charge on any atom is -0.508 e. The Balaban J connectivity index is 2.62. The van der Waals surface area contributed by atoms with Gasteiger partial charge in [-0.15, -0.1) is 0 Å². The minimum atomic E-state index is 0.245. The predicted octanol–water partition coefficient (Wildman–Crippen LogP) is 2.33. The lowest BCUT2D eigenvalue weighted by Gasteiger charge is -2.08. The van der Waals surface area contributed by atoms with Crippen LogP contribution in [0.15, 0.2) is 6.07 Å². The Kier molecular flexibility index (Phi) is 1.72. The number of benzene rings is 1.